The summed E-state index contributed by atoms with van der Waals surface area (Å²) in [6, 6.07) is 10.3. The van der Waals surface area contributed by atoms with Crippen LogP contribution in [0.3, 0.4) is 0 Å². The first-order chi connectivity index (χ1) is 15.1. The largest absolute Gasteiger partial charge is 0.376 e. The van der Waals surface area contributed by atoms with Gasteiger partial charge in [-0.05, 0) is 62.9 Å². The second-order valence-corrected chi connectivity index (χ2v) is 8.91. The summed E-state index contributed by atoms with van der Waals surface area (Å²) in [7, 11) is 0. The fourth-order valence-corrected chi connectivity index (χ4v) is 4.67. The van der Waals surface area contributed by atoms with Gasteiger partial charge < -0.3 is 9.64 Å². The van der Waals surface area contributed by atoms with E-state index in [1.807, 2.05) is 17.0 Å². The van der Waals surface area contributed by atoms with Crippen LogP contribution in [-0.4, -0.2) is 59.6 Å². The predicted octanol–water partition coefficient (Wildman–Crippen LogP) is 4.41. The number of aromatic nitrogens is 1. The molecule has 0 aliphatic carbocycles. The highest BCUT2D eigenvalue weighted by molar-refractivity contribution is 6.29. The Kier molecular flexibility index (Phi) is 7.54. The Labute approximate surface area is 188 Å². The van der Waals surface area contributed by atoms with E-state index >= 15 is 0 Å². The zero-order valence-corrected chi connectivity index (χ0v) is 18.4. The third-order valence-corrected chi connectivity index (χ3v) is 6.45. The minimum Gasteiger partial charge on any atom is -0.376 e. The number of ether oxygens (including phenoxy) is 1. The van der Waals surface area contributed by atoms with Crippen LogP contribution in [0.25, 0.3) is 0 Å². The molecule has 31 heavy (non-hydrogen) atoms. The summed E-state index contributed by atoms with van der Waals surface area (Å²) in [5.74, 6) is 0.252. The minimum atomic E-state index is -0.144. The fourth-order valence-electron chi connectivity index (χ4n) is 4.50. The number of halogens is 2. The van der Waals surface area contributed by atoms with Gasteiger partial charge in [-0.15, -0.1) is 0 Å². The molecule has 5 nitrogen and oxygen atoms in total. The molecule has 2 saturated heterocycles. The molecule has 0 N–H and O–H groups in total. The molecule has 1 atom stereocenters. The van der Waals surface area contributed by atoms with Gasteiger partial charge in [-0.3, -0.25) is 9.69 Å². The van der Waals surface area contributed by atoms with Crippen LogP contribution in [0.5, 0.6) is 0 Å². The number of hydrogen-bond acceptors (Lipinski definition) is 4. The van der Waals surface area contributed by atoms with E-state index in [2.05, 4.69) is 9.88 Å². The molecule has 166 valence electrons. The lowest BCUT2D eigenvalue weighted by atomic mass is 9.95. The van der Waals surface area contributed by atoms with E-state index in [-0.39, 0.29) is 17.8 Å². The van der Waals surface area contributed by atoms with E-state index in [1.165, 1.54) is 6.07 Å². The number of pyridine rings is 1. The molecular formula is C24H29ClFN3O2. The average molecular weight is 446 g/mol. The van der Waals surface area contributed by atoms with E-state index in [4.69, 9.17) is 16.3 Å². The quantitative estimate of drug-likeness (QED) is 0.592. The van der Waals surface area contributed by atoms with Gasteiger partial charge in [0.2, 0.25) is 0 Å². The van der Waals surface area contributed by atoms with Crippen LogP contribution in [0, 0.1) is 11.7 Å². The minimum absolute atomic E-state index is 0.0198. The summed E-state index contributed by atoms with van der Waals surface area (Å²) in [6.07, 6.45) is 5.68. The zero-order chi connectivity index (χ0) is 21.6. The van der Waals surface area contributed by atoms with Gasteiger partial charge in [-0.1, -0.05) is 29.8 Å². The zero-order valence-electron chi connectivity index (χ0n) is 17.7. The van der Waals surface area contributed by atoms with Crippen molar-refractivity contribution in [2.45, 2.75) is 38.3 Å². The summed E-state index contributed by atoms with van der Waals surface area (Å²) in [6.45, 7) is 4.51. The van der Waals surface area contributed by atoms with Crippen LogP contribution in [0.1, 0.15) is 41.6 Å². The Balaban J connectivity index is 1.36. The van der Waals surface area contributed by atoms with Crippen molar-refractivity contribution in [1.82, 2.24) is 14.8 Å². The first-order valence-electron chi connectivity index (χ1n) is 11.1. The van der Waals surface area contributed by atoms with Crippen molar-refractivity contribution in [2.75, 3.05) is 32.8 Å². The van der Waals surface area contributed by atoms with Crippen LogP contribution in [0.2, 0.25) is 5.15 Å². The Morgan fingerprint density at radius 1 is 1.19 bits per heavy atom. The molecule has 3 heterocycles. The molecule has 2 fully saturated rings. The fraction of sp³-hybridized carbons (Fsp3) is 0.500. The second kappa shape index (κ2) is 10.5. The van der Waals surface area contributed by atoms with Crippen LogP contribution < -0.4 is 0 Å². The van der Waals surface area contributed by atoms with Crippen LogP contribution in [0.15, 0.2) is 42.6 Å². The van der Waals surface area contributed by atoms with Crippen molar-refractivity contribution < 1.29 is 13.9 Å². The SMILES string of the molecule is O=C(c1ccnc(Cl)c1)N(CC1CCN(Cc2ccccc2F)CC1)C[C@H]1CCCO1. The predicted molar refractivity (Wildman–Crippen MR) is 119 cm³/mol. The summed E-state index contributed by atoms with van der Waals surface area (Å²) >= 11 is 6.01. The summed E-state index contributed by atoms with van der Waals surface area (Å²) < 4.78 is 19.8. The van der Waals surface area contributed by atoms with Crippen LogP contribution >= 0.6 is 11.6 Å². The van der Waals surface area contributed by atoms with Crippen LogP contribution in [0.4, 0.5) is 4.39 Å². The molecule has 0 spiro atoms. The molecule has 1 aromatic carbocycles. The number of nitrogens with zero attached hydrogens (tertiary/aromatic N) is 3. The van der Waals surface area contributed by atoms with Gasteiger partial charge in [0.1, 0.15) is 11.0 Å². The lowest BCUT2D eigenvalue weighted by molar-refractivity contribution is 0.0444. The summed E-state index contributed by atoms with van der Waals surface area (Å²) in [5, 5.41) is 0.323. The molecule has 2 aromatic rings. The molecule has 1 amide bonds. The smallest absolute Gasteiger partial charge is 0.254 e. The molecule has 0 bridgehead atoms. The normalized spacial score (nSPS) is 20.1. The highest BCUT2D eigenvalue weighted by atomic mass is 35.5. The first-order valence-corrected chi connectivity index (χ1v) is 11.4. The van der Waals surface area contributed by atoms with Crippen molar-refractivity contribution in [2.24, 2.45) is 5.92 Å². The topological polar surface area (TPSA) is 45.7 Å². The summed E-state index contributed by atoms with van der Waals surface area (Å²) in [4.78, 5) is 21.4. The first kappa shape index (κ1) is 22.2. The standard InChI is InChI=1S/C24H29ClFN3O2/c25-23-14-19(7-10-27-23)24(30)29(17-21-5-3-13-31-21)15-18-8-11-28(12-9-18)16-20-4-1-2-6-22(20)26/h1-2,4,6-7,10,14,18,21H,3,5,8-9,11-13,15-17H2/t21-/m1/s1. The van der Waals surface area contributed by atoms with Crippen molar-refractivity contribution >= 4 is 17.5 Å². The Hall–Kier alpha value is -2.02. The number of rotatable bonds is 7. The Morgan fingerprint density at radius 2 is 2.00 bits per heavy atom. The average Bonchev–Trinajstić information content (AvgIpc) is 3.29. The number of amides is 1. The maximum atomic E-state index is 14.0. The lowest BCUT2D eigenvalue weighted by Gasteiger charge is -2.35. The van der Waals surface area contributed by atoms with Gasteiger partial charge in [0, 0.05) is 43.6 Å². The maximum absolute atomic E-state index is 14.0. The molecule has 1 aromatic heterocycles. The number of carbonyl (C=O) groups excluding carboxylic acids is 1. The van der Waals surface area contributed by atoms with E-state index < -0.39 is 0 Å². The Morgan fingerprint density at radius 3 is 2.71 bits per heavy atom. The van der Waals surface area contributed by atoms with E-state index in [1.54, 1.807) is 24.4 Å². The third-order valence-electron chi connectivity index (χ3n) is 6.25. The maximum Gasteiger partial charge on any atom is 0.254 e. The van der Waals surface area contributed by atoms with Crippen molar-refractivity contribution in [3.63, 3.8) is 0 Å². The van der Waals surface area contributed by atoms with E-state index in [0.29, 0.717) is 36.3 Å². The van der Waals surface area contributed by atoms with Gasteiger partial charge >= 0.3 is 0 Å². The molecular weight excluding hydrogens is 417 g/mol. The van der Waals surface area contributed by atoms with E-state index in [9.17, 15) is 9.18 Å². The summed E-state index contributed by atoms with van der Waals surface area (Å²) in [5.41, 5.74) is 1.31. The highest BCUT2D eigenvalue weighted by Gasteiger charge is 2.28. The van der Waals surface area contributed by atoms with Gasteiger partial charge in [0.25, 0.3) is 5.91 Å². The number of benzene rings is 1. The van der Waals surface area contributed by atoms with Crippen molar-refractivity contribution in [1.29, 1.82) is 0 Å². The number of hydrogen-bond donors (Lipinski definition) is 0. The van der Waals surface area contributed by atoms with Gasteiger partial charge in [0.05, 0.1) is 6.10 Å². The van der Waals surface area contributed by atoms with Gasteiger partial charge in [0.15, 0.2) is 0 Å². The number of likely N-dealkylation sites (tertiary alicyclic amines) is 1. The van der Waals surface area contributed by atoms with E-state index in [0.717, 1.165) is 50.9 Å². The molecule has 4 rings (SSSR count). The van der Waals surface area contributed by atoms with Crippen molar-refractivity contribution in [3.05, 3.63) is 64.7 Å². The molecule has 0 unspecified atom stereocenters. The molecule has 2 aliphatic rings. The third kappa shape index (κ3) is 6.03. The number of piperidine rings is 1. The van der Waals surface area contributed by atoms with Crippen LogP contribution in [-0.2, 0) is 11.3 Å². The Bertz CT molecular complexity index is 883. The van der Waals surface area contributed by atoms with Gasteiger partial charge in [-0.25, -0.2) is 9.37 Å². The molecule has 0 radical (unpaired) electrons. The molecule has 2 aliphatic heterocycles. The van der Waals surface area contributed by atoms with Crippen molar-refractivity contribution in [3.8, 4) is 0 Å². The highest BCUT2D eigenvalue weighted by Crippen LogP contribution is 2.23. The lowest BCUT2D eigenvalue weighted by Crippen LogP contribution is -2.43. The van der Waals surface area contributed by atoms with Gasteiger partial charge in [-0.2, -0.15) is 0 Å². The molecule has 7 heteroatoms. The second-order valence-electron chi connectivity index (χ2n) is 8.52. The molecule has 0 saturated carbocycles. The monoisotopic (exact) mass is 445 g/mol. The number of carbonyl (C=O) groups is 1.